The molecule has 4 heteroatoms. The molecule has 1 heterocycles. The van der Waals surface area contributed by atoms with E-state index >= 15 is 0 Å². The highest BCUT2D eigenvalue weighted by atomic mass is 32.2. The molecule has 3 rings (SSSR count). The summed E-state index contributed by atoms with van der Waals surface area (Å²) in [7, 11) is 0. The van der Waals surface area contributed by atoms with Gasteiger partial charge in [0.15, 0.2) is 0 Å². The number of nitrogens with zero attached hydrogens (tertiary/aromatic N) is 1. The molecule has 0 bridgehead atoms. The first-order valence-corrected chi connectivity index (χ1v) is 8.19. The van der Waals surface area contributed by atoms with Crippen LogP contribution in [0.5, 0.6) is 0 Å². The molecule has 111 valence electrons. The van der Waals surface area contributed by atoms with Crippen molar-refractivity contribution >= 4 is 11.9 Å². The quantitative estimate of drug-likeness (QED) is 0.663. The van der Waals surface area contributed by atoms with Gasteiger partial charge in [-0.05, 0) is 30.4 Å². The van der Waals surface area contributed by atoms with E-state index < -0.39 is 5.91 Å². The minimum Gasteiger partial charge on any atom is -0.353 e. The standard InChI is InChI=1S/C17H20NO2S/c19-17(20)9-10-21-18(17)13-16-8-4-7-15(12-16)11-14-5-2-1-3-6-14/h1-7,12,19-20H,8-11,13H2. The van der Waals surface area contributed by atoms with Crippen LogP contribution in [0.25, 0.3) is 0 Å². The van der Waals surface area contributed by atoms with E-state index in [2.05, 4.69) is 42.8 Å². The molecule has 0 spiro atoms. The molecule has 1 aromatic rings. The molecule has 0 atom stereocenters. The maximum Gasteiger partial charge on any atom is 0.235 e. The Balaban J connectivity index is 1.65. The van der Waals surface area contributed by atoms with Gasteiger partial charge in [0, 0.05) is 18.7 Å². The van der Waals surface area contributed by atoms with E-state index in [9.17, 15) is 10.2 Å². The van der Waals surface area contributed by atoms with Crippen LogP contribution in [-0.4, -0.2) is 32.7 Å². The molecule has 2 aliphatic rings. The monoisotopic (exact) mass is 302 g/mol. The Morgan fingerprint density at radius 2 is 2.00 bits per heavy atom. The van der Waals surface area contributed by atoms with Crippen molar-refractivity contribution in [3.8, 4) is 0 Å². The van der Waals surface area contributed by atoms with Crippen LogP contribution in [0, 0.1) is 6.42 Å². The van der Waals surface area contributed by atoms with Crippen LogP contribution in [0.3, 0.4) is 0 Å². The van der Waals surface area contributed by atoms with Gasteiger partial charge < -0.3 is 10.2 Å². The van der Waals surface area contributed by atoms with E-state index in [-0.39, 0.29) is 0 Å². The molecule has 1 fully saturated rings. The van der Waals surface area contributed by atoms with Crippen molar-refractivity contribution in [3.63, 3.8) is 0 Å². The SMILES string of the molecule is OC1(O)CCSN1CC1=CC(Cc2ccccc2)=C[CH]C1. The van der Waals surface area contributed by atoms with Gasteiger partial charge in [0.25, 0.3) is 0 Å². The van der Waals surface area contributed by atoms with Crippen LogP contribution in [0.1, 0.15) is 18.4 Å². The lowest BCUT2D eigenvalue weighted by molar-refractivity contribution is -0.221. The van der Waals surface area contributed by atoms with E-state index in [1.807, 2.05) is 6.07 Å². The van der Waals surface area contributed by atoms with Crippen LogP contribution >= 0.6 is 11.9 Å². The average molecular weight is 302 g/mol. The van der Waals surface area contributed by atoms with Gasteiger partial charge in [-0.25, -0.2) is 0 Å². The first kappa shape index (κ1) is 14.9. The van der Waals surface area contributed by atoms with Crippen molar-refractivity contribution in [1.82, 2.24) is 4.31 Å². The normalized spacial score (nSPS) is 22.0. The van der Waals surface area contributed by atoms with Crippen LogP contribution < -0.4 is 0 Å². The lowest BCUT2D eigenvalue weighted by Crippen LogP contribution is -2.41. The van der Waals surface area contributed by atoms with Crippen molar-refractivity contribution in [2.45, 2.75) is 25.2 Å². The van der Waals surface area contributed by atoms with Crippen LogP contribution in [0.4, 0.5) is 0 Å². The highest BCUT2D eigenvalue weighted by Gasteiger charge is 2.38. The molecule has 1 aliphatic carbocycles. The van der Waals surface area contributed by atoms with Crippen LogP contribution in [0.2, 0.25) is 0 Å². The molecule has 0 aromatic heterocycles. The first-order valence-electron chi connectivity index (χ1n) is 7.24. The Hall–Kier alpha value is -1.07. The summed E-state index contributed by atoms with van der Waals surface area (Å²) in [5, 5.41) is 19.8. The molecule has 1 aliphatic heterocycles. The molecule has 0 unspecified atom stereocenters. The highest BCUT2D eigenvalue weighted by molar-refractivity contribution is 7.97. The maximum absolute atomic E-state index is 9.89. The third-order valence-corrected chi connectivity index (χ3v) is 4.90. The van der Waals surface area contributed by atoms with Gasteiger partial charge in [-0.15, -0.1) is 0 Å². The Labute approximate surface area is 130 Å². The fourth-order valence-corrected chi connectivity index (χ4v) is 3.80. The van der Waals surface area contributed by atoms with Gasteiger partial charge in [0.2, 0.25) is 5.91 Å². The summed E-state index contributed by atoms with van der Waals surface area (Å²) in [5.74, 6) is -0.900. The molecule has 2 N–H and O–H groups in total. The van der Waals surface area contributed by atoms with Gasteiger partial charge in [-0.1, -0.05) is 60.0 Å². The number of hydrogen-bond acceptors (Lipinski definition) is 4. The van der Waals surface area contributed by atoms with Crippen molar-refractivity contribution < 1.29 is 10.2 Å². The Morgan fingerprint density at radius 1 is 1.19 bits per heavy atom. The smallest absolute Gasteiger partial charge is 0.235 e. The summed E-state index contributed by atoms with van der Waals surface area (Å²) in [6.45, 7) is 0.598. The number of benzene rings is 1. The summed E-state index contributed by atoms with van der Waals surface area (Å²) >= 11 is 1.51. The topological polar surface area (TPSA) is 43.7 Å². The second-order valence-corrected chi connectivity index (χ2v) is 6.65. The highest BCUT2D eigenvalue weighted by Crippen LogP contribution is 2.34. The minimum absolute atomic E-state index is 0.404. The summed E-state index contributed by atoms with van der Waals surface area (Å²) in [6, 6.07) is 10.4. The summed E-state index contributed by atoms with van der Waals surface area (Å²) in [6.07, 6.45) is 8.72. The van der Waals surface area contributed by atoms with E-state index in [4.69, 9.17) is 0 Å². The van der Waals surface area contributed by atoms with E-state index in [1.165, 1.54) is 28.7 Å². The van der Waals surface area contributed by atoms with Crippen molar-refractivity contribution in [2.75, 3.05) is 12.3 Å². The summed E-state index contributed by atoms with van der Waals surface area (Å²) in [4.78, 5) is 0. The Bertz CT molecular complexity index is 551. The summed E-state index contributed by atoms with van der Waals surface area (Å²) in [5.41, 5.74) is 3.79. The average Bonchev–Trinajstić information content (AvgIpc) is 2.79. The van der Waals surface area contributed by atoms with E-state index in [1.54, 1.807) is 4.31 Å². The maximum atomic E-state index is 9.89. The minimum atomic E-state index is -1.66. The second kappa shape index (κ2) is 6.36. The molecular weight excluding hydrogens is 282 g/mol. The van der Waals surface area contributed by atoms with Gasteiger partial charge in [-0.2, -0.15) is 4.31 Å². The van der Waals surface area contributed by atoms with E-state index in [0.29, 0.717) is 13.0 Å². The molecule has 3 nitrogen and oxygen atoms in total. The number of allylic oxidation sites excluding steroid dienone is 3. The van der Waals surface area contributed by atoms with Gasteiger partial charge in [0.1, 0.15) is 0 Å². The Morgan fingerprint density at radius 3 is 2.71 bits per heavy atom. The fraction of sp³-hybridized carbons (Fsp3) is 0.353. The molecule has 1 aromatic carbocycles. The zero-order valence-electron chi connectivity index (χ0n) is 11.9. The van der Waals surface area contributed by atoms with Crippen molar-refractivity contribution in [2.24, 2.45) is 0 Å². The van der Waals surface area contributed by atoms with Crippen molar-refractivity contribution in [3.05, 3.63) is 65.6 Å². The molecule has 0 saturated carbocycles. The van der Waals surface area contributed by atoms with Crippen LogP contribution in [0.15, 0.2) is 53.6 Å². The number of rotatable bonds is 4. The lowest BCUT2D eigenvalue weighted by atomic mass is 9.95. The van der Waals surface area contributed by atoms with Gasteiger partial charge >= 0.3 is 0 Å². The van der Waals surface area contributed by atoms with Gasteiger partial charge in [-0.3, -0.25) is 0 Å². The molecule has 1 saturated heterocycles. The summed E-state index contributed by atoms with van der Waals surface area (Å²) < 4.78 is 1.68. The largest absolute Gasteiger partial charge is 0.353 e. The van der Waals surface area contributed by atoms with E-state index in [0.717, 1.165) is 18.6 Å². The predicted octanol–water partition coefficient (Wildman–Crippen LogP) is 2.68. The zero-order chi connectivity index (χ0) is 14.7. The molecule has 21 heavy (non-hydrogen) atoms. The number of aliphatic hydroxyl groups is 2. The molecular formula is C17H20NO2S. The molecule has 0 amide bonds. The Kier molecular flexibility index (Phi) is 4.50. The third kappa shape index (κ3) is 3.77. The number of hydrogen-bond donors (Lipinski definition) is 2. The predicted molar refractivity (Wildman–Crippen MR) is 86.2 cm³/mol. The second-order valence-electron chi connectivity index (χ2n) is 5.54. The third-order valence-electron chi connectivity index (χ3n) is 3.78. The van der Waals surface area contributed by atoms with Crippen LogP contribution in [-0.2, 0) is 6.42 Å². The fourth-order valence-electron chi connectivity index (χ4n) is 2.66. The zero-order valence-corrected chi connectivity index (χ0v) is 12.7. The molecule has 1 radical (unpaired) electrons. The van der Waals surface area contributed by atoms with Crippen molar-refractivity contribution in [1.29, 1.82) is 0 Å². The lowest BCUT2D eigenvalue weighted by Gasteiger charge is -2.28. The van der Waals surface area contributed by atoms with Gasteiger partial charge in [0.05, 0.1) is 0 Å². The first-order chi connectivity index (χ1) is 10.1.